The molecule has 0 aliphatic carbocycles. The molecule has 0 aliphatic heterocycles. The highest BCUT2D eigenvalue weighted by molar-refractivity contribution is 7.47. The molecule has 0 saturated carbocycles. The van der Waals surface area contributed by atoms with Gasteiger partial charge in [0.05, 0.1) is 19.8 Å². The molecule has 12 heteroatoms. The fraction of sp³-hybridized carbons (Fsp3) is 0.850. The lowest BCUT2D eigenvalue weighted by Crippen LogP contribution is -2.30. The van der Waals surface area contributed by atoms with Crippen LogP contribution in [0.15, 0.2) is 36.5 Å². The highest BCUT2D eigenvalue weighted by Crippen LogP contribution is 2.43. The Morgan fingerprint density at radius 3 is 1.08 bits per heavy atom. The highest BCUT2D eigenvalue weighted by atomic mass is 31.2. The van der Waals surface area contributed by atoms with E-state index in [-0.39, 0.29) is 25.9 Å². The van der Waals surface area contributed by atoms with Gasteiger partial charge >= 0.3 is 25.7 Å². The number of phosphoric acid groups is 1. The maximum absolute atomic E-state index is 12.9. The molecule has 72 heavy (non-hydrogen) atoms. The third-order valence-corrected chi connectivity index (χ3v) is 14.0. The Hall–Kier alpha value is -2.30. The second kappa shape index (κ2) is 54.9. The maximum atomic E-state index is 12.9. The molecule has 0 aliphatic rings. The number of phosphoric ester groups is 1. The van der Waals surface area contributed by atoms with Gasteiger partial charge in [0.2, 0.25) is 0 Å². The van der Waals surface area contributed by atoms with Crippen LogP contribution in [0.1, 0.15) is 290 Å². The van der Waals surface area contributed by atoms with Gasteiger partial charge < -0.3 is 24.2 Å². The molecule has 0 aromatic heterocycles. The van der Waals surface area contributed by atoms with Crippen molar-refractivity contribution in [2.45, 2.75) is 303 Å². The fourth-order valence-corrected chi connectivity index (χ4v) is 9.23. The third kappa shape index (κ3) is 52.6. The second-order valence-electron chi connectivity index (χ2n) is 20.2. The van der Waals surface area contributed by atoms with E-state index in [1.807, 2.05) is 0 Å². The number of hydrogen-bond acceptors (Lipinski definition) is 10. The summed E-state index contributed by atoms with van der Waals surface area (Å²) in [5, 5.41) is 9.81. The van der Waals surface area contributed by atoms with Crippen LogP contribution in [0, 0.1) is 0 Å². The van der Waals surface area contributed by atoms with E-state index in [2.05, 4.69) is 57.2 Å². The van der Waals surface area contributed by atoms with Crippen LogP contribution in [-0.2, 0) is 42.2 Å². The third-order valence-electron chi connectivity index (χ3n) is 13.0. The molecule has 422 valence electrons. The normalized spacial score (nSPS) is 13.6. The standard InChI is InChI=1S/C60H111O11P/c1-4-7-10-13-16-19-22-25-27-28-30-33-36-39-42-45-48-51-60(64)71-57(53-67-58(62)49-46-43-40-37-34-32-29-26-23-20-17-14-11-8-5-2)55-69-72(65,66)68-54-56(52-61)70-59(63)50-47-44-41-38-35-31-24-21-18-15-12-9-6-3/h16,19,21,24-25,27,56-57,61H,4-15,17-18,20,22-23,26,28-55H2,1-3H3,(H,65,66)/b19-16-,24-21-,27-25-. The summed E-state index contributed by atoms with van der Waals surface area (Å²) in [5.41, 5.74) is 0. The van der Waals surface area contributed by atoms with Gasteiger partial charge in [-0.2, -0.15) is 0 Å². The van der Waals surface area contributed by atoms with Crippen molar-refractivity contribution in [2.24, 2.45) is 0 Å². The summed E-state index contributed by atoms with van der Waals surface area (Å²) in [4.78, 5) is 48.6. The van der Waals surface area contributed by atoms with Crippen LogP contribution >= 0.6 is 7.82 Å². The van der Waals surface area contributed by atoms with Gasteiger partial charge in [0, 0.05) is 19.3 Å². The molecule has 0 spiro atoms. The van der Waals surface area contributed by atoms with Gasteiger partial charge in [-0.25, -0.2) is 4.57 Å². The molecule has 3 atom stereocenters. The highest BCUT2D eigenvalue weighted by Gasteiger charge is 2.28. The quantitative estimate of drug-likeness (QED) is 0.0197. The van der Waals surface area contributed by atoms with Crippen molar-refractivity contribution in [3.63, 3.8) is 0 Å². The van der Waals surface area contributed by atoms with Crippen molar-refractivity contribution >= 4 is 25.7 Å². The number of aliphatic hydroxyl groups is 1. The molecule has 0 saturated heterocycles. The second-order valence-corrected chi connectivity index (χ2v) is 21.6. The predicted molar refractivity (Wildman–Crippen MR) is 298 cm³/mol. The Morgan fingerprint density at radius 1 is 0.389 bits per heavy atom. The first-order chi connectivity index (χ1) is 35.2. The van der Waals surface area contributed by atoms with Crippen molar-refractivity contribution in [3.8, 4) is 0 Å². The molecule has 3 unspecified atom stereocenters. The smallest absolute Gasteiger partial charge is 0.462 e. The fourth-order valence-electron chi connectivity index (χ4n) is 8.44. The van der Waals surface area contributed by atoms with E-state index in [4.69, 9.17) is 23.3 Å². The van der Waals surface area contributed by atoms with Crippen LogP contribution in [0.4, 0.5) is 0 Å². The van der Waals surface area contributed by atoms with Gasteiger partial charge in [-0.3, -0.25) is 23.4 Å². The average molecular weight is 1040 g/mol. The zero-order chi connectivity index (χ0) is 52.7. The number of allylic oxidation sites excluding steroid dienone is 6. The minimum atomic E-state index is -4.75. The summed E-state index contributed by atoms with van der Waals surface area (Å²) in [7, 11) is -4.75. The summed E-state index contributed by atoms with van der Waals surface area (Å²) in [6.45, 7) is 4.63. The first-order valence-corrected chi connectivity index (χ1v) is 31.4. The number of carbonyl (C=O) groups excluding carboxylic acids is 3. The lowest BCUT2D eigenvalue weighted by molar-refractivity contribution is -0.161. The minimum Gasteiger partial charge on any atom is -0.462 e. The van der Waals surface area contributed by atoms with Gasteiger partial charge in [0.1, 0.15) is 12.7 Å². The summed E-state index contributed by atoms with van der Waals surface area (Å²) < 4.78 is 39.6. The molecule has 2 N–H and O–H groups in total. The Kier molecular flexibility index (Phi) is 53.2. The monoisotopic (exact) mass is 1040 g/mol. The molecule has 0 amide bonds. The maximum Gasteiger partial charge on any atom is 0.472 e. The van der Waals surface area contributed by atoms with E-state index >= 15 is 0 Å². The number of esters is 3. The lowest BCUT2D eigenvalue weighted by Gasteiger charge is -2.21. The van der Waals surface area contributed by atoms with Gasteiger partial charge in [0.15, 0.2) is 6.10 Å². The lowest BCUT2D eigenvalue weighted by atomic mass is 10.0. The molecule has 0 radical (unpaired) electrons. The number of hydrogen-bond donors (Lipinski definition) is 2. The Morgan fingerprint density at radius 2 is 0.681 bits per heavy atom. The predicted octanol–water partition coefficient (Wildman–Crippen LogP) is 17.6. The average Bonchev–Trinajstić information content (AvgIpc) is 3.37. The summed E-state index contributed by atoms with van der Waals surface area (Å²) in [6, 6.07) is 0. The summed E-state index contributed by atoms with van der Waals surface area (Å²) >= 11 is 0. The van der Waals surface area contributed by atoms with E-state index in [9.17, 15) is 28.9 Å². The number of rotatable bonds is 56. The van der Waals surface area contributed by atoms with Gasteiger partial charge in [-0.1, -0.05) is 231 Å². The van der Waals surface area contributed by atoms with Crippen molar-refractivity contribution in [1.82, 2.24) is 0 Å². The number of unbranched alkanes of at least 4 members (excludes halogenated alkanes) is 33. The molecule has 0 heterocycles. The van der Waals surface area contributed by atoms with Gasteiger partial charge in [0.25, 0.3) is 0 Å². The molecule has 0 bridgehead atoms. The van der Waals surface area contributed by atoms with Crippen LogP contribution in [-0.4, -0.2) is 66.5 Å². The molecule has 0 fully saturated rings. The molecule has 0 aromatic carbocycles. The molecule has 0 rings (SSSR count). The SMILES string of the molecule is CCCCC/C=C\C/C=C\CCCCCCCCCC(=O)OC(COC(=O)CCCCCCCCCCCCCCCCC)COP(=O)(O)OCC(CO)OC(=O)CCCCCCC/C=C\CCCCCC. The van der Waals surface area contributed by atoms with Crippen molar-refractivity contribution in [1.29, 1.82) is 0 Å². The Bertz CT molecular complexity index is 1350. The van der Waals surface area contributed by atoms with Gasteiger partial charge in [-0.15, -0.1) is 0 Å². The van der Waals surface area contributed by atoms with Crippen LogP contribution < -0.4 is 0 Å². The van der Waals surface area contributed by atoms with Crippen LogP contribution in [0.2, 0.25) is 0 Å². The zero-order valence-corrected chi connectivity index (χ0v) is 47.6. The van der Waals surface area contributed by atoms with Crippen molar-refractivity contribution in [3.05, 3.63) is 36.5 Å². The number of carbonyl (C=O) groups is 3. The van der Waals surface area contributed by atoms with Crippen molar-refractivity contribution in [2.75, 3.05) is 26.4 Å². The minimum absolute atomic E-state index is 0.162. The summed E-state index contributed by atoms with van der Waals surface area (Å²) in [6.07, 6.45) is 56.6. The van der Waals surface area contributed by atoms with Crippen LogP contribution in [0.3, 0.4) is 0 Å². The zero-order valence-electron chi connectivity index (χ0n) is 46.7. The first kappa shape index (κ1) is 69.7. The van der Waals surface area contributed by atoms with E-state index in [1.165, 1.54) is 135 Å². The number of aliphatic hydroxyl groups excluding tert-OH is 1. The molecule has 11 nitrogen and oxygen atoms in total. The van der Waals surface area contributed by atoms with E-state index in [0.29, 0.717) is 19.3 Å². The largest absolute Gasteiger partial charge is 0.472 e. The van der Waals surface area contributed by atoms with Gasteiger partial charge in [-0.05, 0) is 77.0 Å². The van der Waals surface area contributed by atoms with E-state index < -0.39 is 57.8 Å². The van der Waals surface area contributed by atoms with Crippen LogP contribution in [0.25, 0.3) is 0 Å². The Balaban J connectivity index is 4.71. The first-order valence-electron chi connectivity index (χ1n) is 29.9. The number of ether oxygens (including phenoxy) is 3. The summed E-state index contributed by atoms with van der Waals surface area (Å²) in [5.74, 6) is -1.46. The molecular weight excluding hydrogens is 928 g/mol. The topological polar surface area (TPSA) is 155 Å². The van der Waals surface area contributed by atoms with E-state index in [1.54, 1.807) is 0 Å². The molecular formula is C60H111O11P. The Labute approximate surface area is 441 Å². The molecule has 0 aromatic rings. The van der Waals surface area contributed by atoms with E-state index in [0.717, 1.165) is 96.3 Å². The van der Waals surface area contributed by atoms with Crippen molar-refractivity contribution < 1.29 is 52.2 Å². The van der Waals surface area contributed by atoms with Crippen LogP contribution in [0.5, 0.6) is 0 Å².